The number of carbonyl (C=O) groups excluding carboxylic acids is 1. The van der Waals surface area contributed by atoms with E-state index in [1.807, 2.05) is 42.5 Å². The lowest BCUT2D eigenvalue weighted by Gasteiger charge is -2.15. The number of aliphatic carboxylic acids is 1. The van der Waals surface area contributed by atoms with E-state index in [2.05, 4.69) is 0 Å². The molecule has 0 aromatic heterocycles. The van der Waals surface area contributed by atoms with Crippen LogP contribution in [-0.2, 0) is 4.79 Å². The van der Waals surface area contributed by atoms with Gasteiger partial charge in [-0.2, -0.15) is 0 Å². The zero-order valence-electron chi connectivity index (χ0n) is 17.1. The molecule has 0 radical (unpaired) electrons. The standard InChI is InChI=1S/C11H8O.C6H14N2O2.C6H13N/c12-8-10-6-3-5-9-4-1-2-7-11(9)10;7-4-2-1-3-5(8)6(9)10;7-6-4-2-1-3-5-6/h1-8H;5H,1-4,7-8H2,(H,9,10);6H,1-5,7H2. The number of nitrogens with two attached hydrogens (primary N) is 3. The Morgan fingerprint density at radius 1 is 1.07 bits per heavy atom. The van der Waals surface area contributed by atoms with Gasteiger partial charge in [0.05, 0.1) is 0 Å². The van der Waals surface area contributed by atoms with Gasteiger partial charge in [-0.25, -0.2) is 0 Å². The van der Waals surface area contributed by atoms with Crippen LogP contribution in [0.3, 0.4) is 0 Å². The normalized spacial score (nSPS) is 14.7. The highest BCUT2D eigenvalue weighted by Crippen LogP contribution is 2.16. The number of carboxylic acid groups (broad SMARTS) is 1. The molecule has 0 spiro atoms. The van der Waals surface area contributed by atoms with Crippen molar-refractivity contribution in [2.45, 2.75) is 63.5 Å². The number of rotatable bonds is 6. The van der Waals surface area contributed by atoms with Gasteiger partial charge in [0.25, 0.3) is 0 Å². The van der Waals surface area contributed by atoms with Gasteiger partial charge in [-0.05, 0) is 43.0 Å². The van der Waals surface area contributed by atoms with E-state index in [9.17, 15) is 9.59 Å². The molecule has 7 N–H and O–H groups in total. The molecule has 3 rings (SSSR count). The molecular weight excluding hydrogens is 366 g/mol. The van der Waals surface area contributed by atoms with E-state index in [4.69, 9.17) is 22.3 Å². The van der Waals surface area contributed by atoms with E-state index < -0.39 is 12.0 Å². The maximum absolute atomic E-state index is 10.6. The van der Waals surface area contributed by atoms with Crippen LogP contribution >= 0.6 is 0 Å². The third-order valence-electron chi connectivity index (χ3n) is 4.89. The summed E-state index contributed by atoms with van der Waals surface area (Å²) in [6, 6.07) is 13.4. The fraction of sp³-hybridized carbons (Fsp3) is 0.478. The molecule has 160 valence electrons. The van der Waals surface area contributed by atoms with Gasteiger partial charge in [0.1, 0.15) is 6.04 Å². The summed E-state index contributed by atoms with van der Waals surface area (Å²) in [5, 5.41) is 10.5. The van der Waals surface area contributed by atoms with Crippen LogP contribution in [0.1, 0.15) is 61.7 Å². The summed E-state index contributed by atoms with van der Waals surface area (Å²) in [5.41, 5.74) is 16.8. The highest BCUT2D eigenvalue weighted by atomic mass is 16.4. The van der Waals surface area contributed by atoms with E-state index in [-0.39, 0.29) is 0 Å². The van der Waals surface area contributed by atoms with Crippen LogP contribution in [0.5, 0.6) is 0 Å². The predicted molar refractivity (Wildman–Crippen MR) is 119 cm³/mol. The lowest BCUT2D eigenvalue weighted by molar-refractivity contribution is -0.138. The molecule has 1 aliphatic rings. The zero-order chi connectivity index (χ0) is 21.5. The second-order valence-corrected chi connectivity index (χ2v) is 7.31. The van der Waals surface area contributed by atoms with Crippen molar-refractivity contribution in [3.63, 3.8) is 0 Å². The van der Waals surface area contributed by atoms with E-state index in [1.54, 1.807) is 0 Å². The van der Waals surface area contributed by atoms with Crippen molar-refractivity contribution < 1.29 is 14.7 Å². The minimum atomic E-state index is -0.933. The van der Waals surface area contributed by atoms with Crippen LogP contribution in [0.2, 0.25) is 0 Å². The summed E-state index contributed by atoms with van der Waals surface area (Å²) < 4.78 is 0. The Morgan fingerprint density at radius 3 is 2.28 bits per heavy atom. The summed E-state index contributed by atoms with van der Waals surface area (Å²) in [7, 11) is 0. The molecule has 2 aromatic rings. The maximum Gasteiger partial charge on any atom is 0.320 e. The number of hydrogen-bond donors (Lipinski definition) is 4. The Morgan fingerprint density at radius 2 is 1.72 bits per heavy atom. The molecule has 29 heavy (non-hydrogen) atoms. The van der Waals surface area contributed by atoms with E-state index in [1.165, 1.54) is 32.1 Å². The van der Waals surface area contributed by atoms with Crippen molar-refractivity contribution in [1.82, 2.24) is 0 Å². The number of carboxylic acids is 1. The molecule has 0 amide bonds. The van der Waals surface area contributed by atoms with Crippen LogP contribution < -0.4 is 17.2 Å². The zero-order valence-corrected chi connectivity index (χ0v) is 17.1. The lowest BCUT2D eigenvalue weighted by Crippen LogP contribution is -2.29. The fourth-order valence-electron chi connectivity index (χ4n) is 3.12. The minimum Gasteiger partial charge on any atom is -0.480 e. The summed E-state index contributed by atoms with van der Waals surface area (Å²) in [6.07, 6.45) is 9.72. The molecule has 1 atom stereocenters. The van der Waals surface area contributed by atoms with Crippen LogP contribution in [0.4, 0.5) is 0 Å². The Bertz CT molecular complexity index is 725. The first-order valence-corrected chi connectivity index (χ1v) is 10.4. The van der Waals surface area contributed by atoms with Crippen molar-refractivity contribution in [2.75, 3.05) is 6.54 Å². The third kappa shape index (κ3) is 10.2. The molecule has 0 saturated heterocycles. The molecule has 0 heterocycles. The number of hydrogen-bond acceptors (Lipinski definition) is 5. The van der Waals surface area contributed by atoms with Crippen molar-refractivity contribution in [1.29, 1.82) is 0 Å². The quantitative estimate of drug-likeness (QED) is 0.433. The van der Waals surface area contributed by atoms with Crippen LogP contribution in [0.25, 0.3) is 10.8 Å². The predicted octanol–water partition coefficient (Wildman–Crippen LogP) is 3.46. The molecule has 2 aromatic carbocycles. The maximum atomic E-state index is 10.6. The molecular formula is C23H35N3O3. The minimum absolute atomic E-state index is 0.520. The van der Waals surface area contributed by atoms with Gasteiger partial charge in [-0.3, -0.25) is 9.59 Å². The first-order chi connectivity index (χ1) is 14.0. The fourth-order valence-corrected chi connectivity index (χ4v) is 3.12. The number of unbranched alkanes of at least 4 members (excludes halogenated alkanes) is 1. The van der Waals surface area contributed by atoms with Crippen molar-refractivity contribution in [3.05, 3.63) is 48.0 Å². The molecule has 1 saturated carbocycles. The van der Waals surface area contributed by atoms with Gasteiger partial charge in [-0.15, -0.1) is 0 Å². The van der Waals surface area contributed by atoms with Crippen molar-refractivity contribution in [3.8, 4) is 0 Å². The monoisotopic (exact) mass is 401 g/mol. The van der Waals surface area contributed by atoms with Gasteiger partial charge >= 0.3 is 5.97 Å². The van der Waals surface area contributed by atoms with Gasteiger partial charge in [-0.1, -0.05) is 68.1 Å². The molecule has 1 fully saturated rings. The van der Waals surface area contributed by atoms with Crippen molar-refractivity contribution in [2.24, 2.45) is 17.2 Å². The second kappa shape index (κ2) is 14.7. The second-order valence-electron chi connectivity index (χ2n) is 7.31. The molecule has 0 bridgehead atoms. The SMILES string of the molecule is NC1CCCCC1.NCCCCC(N)C(=O)O.O=Cc1cccc2ccccc12. The summed E-state index contributed by atoms with van der Waals surface area (Å²) in [4.78, 5) is 20.8. The number of fused-ring (bicyclic) bond motifs is 1. The number of benzene rings is 2. The number of carbonyl (C=O) groups is 2. The van der Waals surface area contributed by atoms with Gasteiger partial charge in [0, 0.05) is 11.6 Å². The molecule has 0 aliphatic heterocycles. The van der Waals surface area contributed by atoms with Gasteiger partial charge in [0.15, 0.2) is 6.29 Å². The first-order valence-electron chi connectivity index (χ1n) is 10.4. The molecule has 6 heteroatoms. The van der Waals surface area contributed by atoms with E-state index in [0.717, 1.165) is 35.5 Å². The molecule has 1 aliphatic carbocycles. The average molecular weight is 402 g/mol. The van der Waals surface area contributed by atoms with E-state index in [0.29, 0.717) is 19.0 Å². The summed E-state index contributed by atoms with van der Waals surface area (Å²) >= 11 is 0. The Labute approximate surface area is 173 Å². The van der Waals surface area contributed by atoms with Crippen LogP contribution in [0, 0.1) is 0 Å². The van der Waals surface area contributed by atoms with Crippen molar-refractivity contribution >= 4 is 23.0 Å². The number of aldehydes is 1. The highest BCUT2D eigenvalue weighted by Gasteiger charge is 2.09. The first kappa shape index (κ1) is 24.8. The van der Waals surface area contributed by atoms with Gasteiger partial charge < -0.3 is 22.3 Å². The molecule has 1 unspecified atom stereocenters. The van der Waals surface area contributed by atoms with Crippen LogP contribution in [-0.4, -0.2) is 36.0 Å². The Kier molecular flexibility index (Phi) is 12.5. The third-order valence-corrected chi connectivity index (χ3v) is 4.89. The summed E-state index contributed by atoms with van der Waals surface area (Å²) in [6.45, 7) is 0.604. The Balaban J connectivity index is 0.000000226. The highest BCUT2D eigenvalue weighted by molar-refractivity contribution is 5.97. The smallest absolute Gasteiger partial charge is 0.320 e. The van der Waals surface area contributed by atoms with Gasteiger partial charge in [0.2, 0.25) is 0 Å². The summed E-state index contributed by atoms with van der Waals surface area (Å²) in [5.74, 6) is -0.933. The topological polar surface area (TPSA) is 132 Å². The van der Waals surface area contributed by atoms with E-state index >= 15 is 0 Å². The average Bonchev–Trinajstić information content (AvgIpc) is 2.75. The Hall–Kier alpha value is -2.28. The largest absolute Gasteiger partial charge is 0.480 e. The van der Waals surface area contributed by atoms with Crippen LogP contribution in [0.15, 0.2) is 42.5 Å². The molecule has 6 nitrogen and oxygen atoms in total. The lowest BCUT2D eigenvalue weighted by atomic mass is 9.97.